The fourth-order valence-corrected chi connectivity index (χ4v) is 2.99. The van der Waals surface area contributed by atoms with Crippen LogP contribution in [0.5, 0.6) is 5.75 Å². The molecule has 0 radical (unpaired) electrons. The van der Waals surface area contributed by atoms with E-state index in [1.165, 1.54) is 50.3 Å². The minimum absolute atomic E-state index is 0.0146. The summed E-state index contributed by atoms with van der Waals surface area (Å²) in [7, 11) is 0. The van der Waals surface area contributed by atoms with Gasteiger partial charge in [0.25, 0.3) is 0 Å². The van der Waals surface area contributed by atoms with Gasteiger partial charge in [-0.2, -0.15) is 0 Å². The van der Waals surface area contributed by atoms with Gasteiger partial charge in [-0.05, 0) is 50.4 Å². The molecule has 0 aliphatic heterocycles. The number of aromatic hydroxyl groups is 1. The molecule has 0 aromatic heterocycles. The summed E-state index contributed by atoms with van der Waals surface area (Å²) in [6.45, 7) is 2.89. The van der Waals surface area contributed by atoms with Crippen LogP contribution in [0.2, 0.25) is 0 Å². The molecule has 0 bridgehead atoms. The third-order valence-electron chi connectivity index (χ3n) is 4.17. The van der Waals surface area contributed by atoms with E-state index in [9.17, 15) is 9.50 Å². The van der Waals surface area contributed by atoms with Crippen molar-refractivity contribution in [1.29, 1.82) is 0 Å². The van der Waals surface area contributed by atoms with Crippen molar-refractivity contribution in [2.75, 3.05) is 6.54 Å². The van der Waals surface area contributed by atoms with Crippen LogP contribution in [0.3, 0.4) is 0 Å². The highest BCUT2D eigenvalue weighted by molar-refractivity contribution is 5.34. The summed E-state index contributed by atoms with van der Waals surface area (Å²) in [5.74, 6) is 0.782. The number of rotatable bonds is 6. The molecule has 2 rings (SSSR count). The quantitative estimate of drug-likeness (QED) is 0.757. The van der Waals surface area contributed by atoms with E-state index < -0.39 is 0 Å². The van der Waals surface area contributed by atoms with Crippen molar-refractivity contribution < 1.29 is 9.50 Å². The van der Waals surface area contributed by atoms with E-state index in [2.05, 4.69) is 5.32 Å². The van der Waals surface area contributed by atoms with Gasteiger partial charge in [0, 0.05) is 11.6 Å². The number of hydrogen-bond acceptors (Lipinski definition) is 2. The Morgan fingerprint density at radius 2 is 2.11 bits per heavy atom. The minimum atomic E-state index is -0.299. The maximum absolute atomic E-state index is 13.2. The maximum Gasteiger partial charge on any atom is 0.123 e. The maximum atomic E-state index is 13.2. The average molecular weight is 265 g/mol. The number of hydrogen-bond donors (Lipinski definition) is 2. The lowest BCUT2D eigenvalue weighted by Gasteiger charge is -2.16. The molecule has 1 aliphatic carbocycles. The van der Waals surface area contributed by atoms with Gasteiger partial charge < -0.3 is 10.4 Å². The standard InChI is InChI=1S/C16H24FNO/c1-12(15-11-14(17)8-9-16(15)19)18-10-4-7-13-5-2-3-6-13/h8-9,11-13,18-19H,2-7,10H2,1H3. The largest absolute Gasteiger partial charge is 0.508 e. The van der Waals surface area contributed by atoms with Gasteiger partial charge in [-0.25, -0.2) is 4.39 Å². The van der Waals surface area contributed by atoms with Crippen molar-refractivity contribution in [3.8, 4) is 5.75 Å². The Morgan fingerprint density at radius 3 is 2.84 bits per heavy atom. The van der Waals surface area contributed by atoms with Crippen molar-refractivity contribution >= 4 is 0 Å². The molecule has 0 spiro atoms. The summed E-state index contributed by atoms with van der Waals surface area (Å²) in [6, 6.07) is 4.09. The van der Waals surface area contributed by atoms with Crippen molar-refractivity contribution in [2.24, 2.45) is 5.92 Å². The van der Waals surface area contributed by atoms with E-state index in [4.69, 9.17) is 0 Å². The van der Waals surface area contributed by atoms with Crippen LogP contribution < -0.4 is 5.32 Å². The molecule has 1 aromatic rings. The predicted molar refractivity (Wildman–Crippen MR) is 75.7 cm³/mol. The Kier molecular flexibility index (Phi) is 5.20. The molecule has 2 nitrogen and oxygen atoms in total. The third-order valence-corrected chi connectivity index (χ3v) is 4.17. The molecule has 0 heterocycles. The molecule has 1 saturated carbocycles. The molecular weight excluding hydrogens is 241 g/mol. The van der Waals surface area contributed by atoms with Gasteiger partial charge in [-0.15, -0.1) is 0 Å². The SMILES string of the molecule is CC(NCCCC1CCCC1)c1cc(F)ccc1O. The monoisotopic (exact) mass is 265 g/mol. The molecule has 2 N–H and O–H groups in total. The lowest BCUT2D eigenvalue weighted by atomic mass is 10.0. The van der Waals surface area contributed by atoms with Crippen molar-refractivity contribution in [2.45, 2.75) is 51.5 Å². The van der Waals surface area contributed by atoms with Gasteiger partial charge in [0.2, 0.25) is 0 Å². The third kappa shape index (κ3) is 4.20. The molecule has 1 fully saturated rings. The molecule has 1 aromatic carbocycles. The van der Waals surface area contributed by atoms with Crippen molar-refractivity contribution in [3.63, 3.8) is 0 Å². The second-order valence-corrected chi connectivity index (χ2v) is 5.67. The van der Waals surface area contributed by atoms with Crippen molar-refractivity contribution in [1.82, 2.24) is 5.32 Å². The summed E-state index contributed by atoms with van der Waals surface area (Å²) in [4.78, 5) is 0. The Morgan fingerprint density at radius 1 is 1.37 bits per heavy atom. The summed E-state index contributed by atoms with van der Waals surface area (Å²) >= 11 is 0. The van der Waals surface area contributed by atoms with Crippen LogP contribution in [0.25, 0.3) is 0 Å². The van der Waals surface area contributed by atoms with Crippen LogP contribution in [-0.4, -0.2) is 11.7 Å². The molecule has 1 atom stereocenters. The zero-order chi connectivity index (χ0) is 13.7. The van der Waals surface area contributed by atoms with Crippen LogP contribution in [0.4, 0.5) is 4.39 Å². The molecule has 19 heavy (non-hydrogen) atoms. The predicted octanol–water partition coefficient (Wildman–Crippen LogP) is 4.15. The van der Waals surface area contributed by atoms with E-state index in [1.54, 1.807) is 0 Å². The molecule has 1 unspecified atom stereocenters. The van der Waals surface area contributed by atoms with Crippen LogP contribution in [0.15, 0.2) is 18.2 Å². The minimum Gasteiger partial charge on any atom is -0.508 e. The average Bonchev–Trinajstić information content (AvgIpc) is 2.90. The Balaban J connectivity index is 1.74. The van der Waals surface area contributed by atoms with E-state index in [0.717, 1.165) is 18.9 Å². The lowest BCUT2D eigenvalue weighted by molar-refractivity contribution is 0.435. The van der Waals surface area contributed by atoms with E-state index in [-0.39, 0.29) is 17.6 Å². The fraction of sp³-hybridized carbons (Fsp3) is 0.625. The zero-order valence-corrected chi connectivity index (χ0v) is 11.7. The van der Waals surface area contributed by atoms with Crippen LogP contribution >= 0.6 is 0 Å². The Bertz CT molecular complexity index is 402. The number of nitrogens with one attached hydrogen (secondary N) is 1. The summed E-state index contributed by atoms with van der Waals surface area (Å²) in [5.41, 5.74) is 0.640. The van der Waals surface area contributed by atoms with Gasteiger partial charge in [0.1, 0.15) is 11.6 Å². The lowest BCUT2D eigenvalue weighted by Crippen LogP contribution is -2.20. The van der Waals surface area contributed by atoms with E-state index in [1.807, 2.05) is 6.92 Å². The molecule has 106 valence electrons. The first-order valence-electron chi connectivity index (χ1n) is 7.38. The van der Waals surface area contributed by atoms with E-state index in [0.29, 0.717) is 5.56 Å². The fourth-order valence-electron chi connectivity index (χ4n) is 2.99. The van der Waals surface area contributed by atoms with Crippen LogP contribution in [0, 0.1) is 11.7 Å². The van der Waals surface area contributed by atoms with E-state index >= 15 is 0 Å². The summed E-state index contributed by atoms with van der Waals surface area (Å²) in [6.07, 6.45) is 8.01. The first-order chi connectivity index (χ1) is 9.16. The summed E-state index contributed by atoms with van der Waals surface area (Å²) < 4.78 is 13.2. The Labute approximate surface area is 115 Å². The second-order valence-electron chi connectivity index (χ2n) is 5.67. The molecule has 0 amide bonds. The smallest absolute Gasteiger partial charge is 0.123 e. The van der Waals surface area contributed by atoms with Gasteiger partial charge in [-0.3, -0.25) is 0 Å². The molecule has 1 aliphatic rings. The number of phenolic OH excluding ortho intramolecular Hbond substituents is 1. The van der Waals surface area contributed by atoms with Gasteiger partial charge in [0.05, 0.1) is 0 Å². The van der Waals surface area contributed by atoms with Crippen LogP contribution in [-0.2, 0) is 0 Å². The van der Waals surface area contributed by atoms with Crippen LogP contribution in [0.1, 0.15) is 57.1 Å². The molecule has 0 saturated heterocycles. The first kappa shape index (κ1) is 14.3. The first-order valence-corrected chi connectivity index (χ1v) is 7.38. The highest BCUT2D eigenvalue weighted by Gasteiger charge is 2.15. The normalized spacial score (nSPS) is 17.8. The van der Waals surface area contributed by atoms with Gasteiger partial charge in [0.15, 0.2) is 0 Å². The highest BCUT2D eigenvalue weighted by atomic mass is 19.1. The number of phenols is 1. The van der Waals surface area contributed by atoms with Gasteiger partial charge >= 0.3 is 0 Å². The topological polar surface area (TPSA) is 32.3 Å². The van der Waals surface area contributed by atoms with Gasteiger partial charge in [-0.1, -0.05) is 25.7 Å². The number of halogens is 1. The Hall–Kier alpha value is -1.09. The highest BCUT2D eigenvalue weighted by Crippen LogP contribution is 2.28. The molecule has 3 heteroatoms. The zero-order valence-electron chi connectivity index (χ0n) is 11.7. The second kappa shape index (κ2) is 6.90. The summed E-state index contributed by atoms with van der Waals surface area (Å²) in [5, 5.41) is 13.1. The van der Waals surface area contributed by atoms with Crippen molar-refractivity contribution in [3.05, 3.63) is 29.6 Å². The number of benzene rings is 1. The molecular formula is C16H24FNO.